The minimum atomic E-state index is -0.870. The highest BCUT2D eigenvalue weighted by Crippen LogP contribution is 1.98. The number of hydrogen-bond acceptors (Lipinski definition) is 4. The molecule has 0 aliphatic heterocycles. The fourth-order valence-corrected chi connectivity index (χ4v) is 1.02. The topological polar surface area (TPSA) is 190 Å². The molecular formula is C11H28N2O6. The molecule has 0 amide bonds. The van der Waals surface area contributed by atoms with Gasteiger partial charge in [0, 0.05) is 12.8 Å². The highest BCUT2D eigenvalue weighted by atomic mass is 16.4. The lowest BCUT2D eigenvalue weighted by molar-refractivity contribution is -0.139. The summed E-state index contributed by atoms with van der Waals surface area (Å²) in [6.45, 7) is 1.61. The number of carboxylic acids is 2. The van der Waals surface area contributed by atoms with Crippen LogP contribution in [0, 0.1) is 0 Å². The Labute approximate surface area is 113 Å². The first-order valence-corrected chi connectivity index (χ1v) is 5.88. The van der Waals surface area contributed by atoms with Crippen molar-refractivity contribution in [2.45, 2.75) is 44.9 Å². The molecule has 19 heavy (non-hydrogen) atoms. The maximum atomic E-state index is 9.90. The SMILES string of the molecule is NCCCCCN.O.O.O=C(O)CCCCC(=O)O. The van der Waals surface area contributed by atoms with Crippen molar-refractivity contribution in [3.63, 3.8) is 0 Å². The number of unbranched alkanes of at least 4 members (excludes halogenated alkanes) is 3. The molecule has 0 fully saturated rings. The number of aliphatic carboxylic acids is 2. The van der Waals surface area contributed by atoms with Gasteiger partial charge >= 0.3 is 11.9 Å². The van der Waals surface area contributed by atoms with Gasteiger partial charge in [0.05, 0.1) is 0 Å². The lowest BCUT2D eigenvalue weighted by Gasteiger charge is -1.92. The molecule has 10 N–H and O–H groups in total. The lowest BCUT2D eigenvalue weighted by atomic mass is 10.2. The van der Waals surface area contributed by atoms with E-state index in [0.29, 0.717) is 12.8 Å². The Bertz CT molecular complexity index is 182. The van der Waals surface area contributed by atoms with Crippen LogP contribution in [0.2, 0.25) is 0 Å². The van der Waals surface area contributed by atoms with Crippen LogP contribution in [0.3, 0.4) is 0 Å². The highest BCUT2D eigenvalue weighted by molar-refractivity contribution is 5.67. The molecule has 0 atom stereocenters. The summed E-state index contributed by atoms with van der Waals surface area (Å²) >= 11 is 0. The van der Waals surface area contributed by atoms with Crippen molar-refractivity contribution in [2.24, 2.45) is 11.5 Å². The van der Waals surface area contributed by atoms with E-state index in [1.807, 2.05) is 0 Å². The van der Waals surface area contributed by atoms with E-state index in [1.54, 1.807) is 0 Å². The fraction of sp³-hybridized carbons (Fsp3) is 0.818. The molecular weight excluding hydrogens is 256 g/mol. The quantitative estimate of drug-likeness (QED) is 0.398. The molecule has 0 rings (SSSR count). The largest absolute Gasteiger partial charge is 0.481 e. The maximum absolute atomic E-state index is 9.90. The molecule has 0 aromatic heterocycles. The molecule has 0 aliphatic carbocycles. The van der Waals surface area contributed by atoms with E-state index in [1.165, 1.54) is 6.42 Å². The Balaban J connectivity index is -0.000000112. The van der Waals surface area contributed by atoms with Crippen molar-refractivity contribution in [1.82, 2.24) is 0 Å². The first-order valence-electron chi connectivity index (χ1n) is 5.88. The molecule has 0 saturated heterocycles. The summed E-state index contributed by atoms with van der Waals surface area (Å²) < 4.78 is 0. The Hall–Kier alpha value is -1.22. The number of hydrogen-bond donors (Lipinski definition) is 4. The van der Waals surface area contributed by atoms with E-state index in [2.05, 4.69) is 0 Å². The monoisotopic (exact) mass is 284 g/mol. The molecule has 8 nitrogen and oxygen atoms in total. The van der Waals surface area contributed by atoms with Crippen LogP contribution >= 0.6 is 0 Å². The van der Waals surface area contributed by atoms with Gasteiger partial charge in [0.1, 0.15) is 0 Å². The van der Waals surface area contributed by atoms with Crippen LogP contribution in [0.5, 0.6) is 0 Å². The summed E-state index contributed by atoms with van der Waals surface area (Å²) in [5, 5.41) is 16.3. The molecule has 0 spiro atoms. The molecule has 0 aromatic carbocycles. The van der Waals surface area contributed by atoms with Crippen LogP contribution in [0.1, 0.15) is 44.9 Å². The van der Waals surface area contributed by atoms with E-state index in [4.69, 9.17) is 21.7 Å². The lowest BCUT2D eigenvalue weighted by Crippen LogP contribution is -2.02. The van der Waals surface area contributed by atoms with Crippen molar-refractivity contribution in [2.75, 3.05) is 13.1 Å². The first-order chi connectivity index (χ1) is 8.04. The average molecular weight is 284 g/mol. The zero-order valence-electron chi connectivity index (χ0n) is 11.2. The number of nitrogens with two attached hydrogens (primary N) is 2. The Kier molecular flexibility index (Phi) is 30.5. The van der Waals surface area contributed by atoms with E-state index in [9.17, 15) is 9.59 Å². The Morgan fingerprint density at radius 2 is 1.00 bits per heavy atom. The average Bonchev–Trinajstić information content (AvgIpc) is 2.26. The summed E-state index contributed by atoms with van der Waals surface area (Å²) in [5.74, 6) is -1.74. The van der Waals surface area contributed by atoms with Gasteiger partial charge in [-0.25, -0.2) is 0 Å². The second-order valence-corrected chi connectivity index (χ2v) is 3.63. The van der Waals surface area contributed by atoms with Gasteiger partial charge in [-0.3, -0.25) is 9.59 Å². The molecule has 0 bridgehead atoms. The number of carbonyl (C=O) groups is 2. The predicted octanol–water partition coefficient (Wildman–Crippen LogP) is -0.859. The zero-order valence-corrected chi connectivity index (χ0v) is 11.2. The fourth-order valence-electron chi connectivity index (χ4n) is 1.02. The van der Waals surface area contributed by atoms with E-state index in [0.717, 1.165) is 25.9 Å². The minimum Gasteiger partial charge on any atom is -0.481 e. The Morgan fingerprint density at radius 3 is 1.21 bits per heavy atom. The molecule has 0 aromatic rings. The summed E-state index contributed by atoms with van der Waals surface area (Å²) in [6, 6.07) is 0. The van der Waals surface area contributed by atoms with Gasteiger partial charge < -0.3 is 32.6 Å². The second kappa shape index (κ2) is 22.0. The summed E-state index contributed by atoms with van der Waals surface area (Å²) in [4.78, 5) is 19.8. The van der Waals surface area contributed by atoms with E-state index >= 15 is 0 Å². The predicted molar refractivity (Wildman–Crippen MR) is 72.9 cm³/mol. The molecule has 0 radical (unpaired) electrons. The standard InChI is InChI=1S/C6H10O4.C5H14N2.2H2O/c7-5(8)3-1-2-4-6(9)10;6-4-2-1-3-5-7;;/h1-4H2,(H,7,8)(H,9,10);1-7H2;2*1H2. The molecule has 8 heteroatoms. The first kappa shape index (κ1) is 26.4. The van der Waals surface area contributed by atoms with Crippen LogP contribution < -0.4 is 11.5 Å². The molecule has 0 heterocycles. The molecule has 0 saturated carbocycles. The second-order valence-electron chi connectivity index (χ2n) is 3.63. The van der Waals surface area contributed by atoms with Crippen LogP contribution in [-0.2, 0) is 9.59 Å². The maximum Gasteiger partial charge on any atom is 0.303 e. The van der Waals surface area contributed by atoms with Crippen LogP contribution in [0.4, 0.5) is 0 Å². The smallest absolute Gasteiger partial charge is 0.303 e. The Morgan fingerprint density at radius 1 is 0.684 bits per heavy atom. The zero-order chi connectivity index (χ0) is 13.5. The molecule has 0 aliphatic rings. The van der Waals surface area contributed by atoms with Crippen LogP contribution in [-0.4, -0.2) is 46.2 Å². The summed E-state index contributed by atoms with van der Waals surface area (Å²) in [5.41, 5.74) is 10.5. The molecule has 118 valence electrons. The van der Waals surface area contributed by atoms with Gasteiger partial charge in [-0.1, -0.05) is 6.42 Å². The van der Waals surface area contributed by atoms with Crippen molar-refractivity contribution < 1.29 is 30.8 Å². The van der Waals surface area contributed by atoms with Gasteiger partial charge in [0.2, 0.25) is 0 Å². The van der Waals surface area contributed by atoms with Crippen molar-refractivity contribution in [1.29, 1.82) is 0 Å². The third-order valence-corrected chi connectivity index (χ3v) is 1.94. The normalized spacial score (nSPS) is 8.32. The van der Waals surface area contributed by atoms with Crippen LogP contribution in [0.25, 0.3) is 0 Å². The minimum absolute atomic E-state index is 0. The van der Waals surface area contributed by atoms with Crippen molar-refractivity contribution in [3.05, 3.63) is 0 Å². The van der Waals surface area contributed by atoms with Crippen molar-refractivity contribution in [3.8, 4) is 0 Å². The van der Waals surface area contributed by atoms with Gasteiger partial charge in [0.15, 0.2) is 0 Å². The van der Waals surface area contributed by atoms with Gasteiger partial charge in [-0.2, -0.15) is 0 Å². The van der Waals surface area contributed by atoms with E-state index in [-0.39, 0.29) is 23.8 Å². The third kappa shape index (κ3) is 38.3. The molecule has 0 unspecified atom stereocenters. The number of carboxylic acid groups (broad SMARTS) is 2. The van der Waals surface area contributed by atoms with Gasteiger partial charge in [-0.15, -0.1) is 0 Å². The van der Waals surface area contributed by atoms with E-state index < -0.39 is 11.9 Å². The summed E-state index contributed by atoms with van der Waals surface area (Å²) in [6.07, 6.45) is 4.45. The number of rotatable bonds is 9. The third-order valence-electron chi connectivity index (χ3n) is 1.94. The van der Waals surface area contributed by atoms with Crippen molar-refractivity contribution >= 4 is 11.9 Å². The van der Waals surface area contributed by atoms with Crippen LogP contribution in [0.15, 0.2) is 0 Å². The van der Waals surface area contributed by atoms with Gasteiger partial charge in [-0.05, 0) is 38.8 Å². The highest BCUT2D eigenvalue weighted by Gasteiger charge is 1.99. The van der Waals surface area contributed by atoms with Gasteiger partial charge in [0.25, 0.3) is 0 Å². The summed E-state index contributed by atoms with van der Waals surface area (Å²) in [7, 11) is 0.